The predicted octanol–water partition coefficient (Wildman–Crippen LogP) is 4.44. The molecule has 0 aliphatic carbocycles. The Morgan fingerprint density at radius 3 is 2.51 bits per heavy atom. The first kappa shape index (κ1) is 24.2. The minimum absolute atomic E-state index is 0.0469. The number of nitrogens with zero attached hydrogens (tertiary/aromatic N) is 6. The molecular formula is C25H19F4N7O. The molecular weight excluding hydrogens is 490 g/mol. The summed E-state index contributed by atoms with van der Waals surface area (Å²) in [5, 5.41) is 8.89. The third-order valence-electron chi connectivity index (χ3n) is 6.33. The van der Waals surface area contributed by atoms with Crippen molar-refractivity contribution in [3.63, 3.8) is 0 Å². The van der Waals surface area contributed by atoms with Gasteiger partial charge in [-0.1, -0.05) is 18.2 Å². The van der Waals surface area contributed by atoms with E-state index in [0.29, 0.717) is 31.1 Å². The summed E-state index contributed by atoms with van der Waals surface area (Å²) in [6.45, 7) is 2.04. The van der Waals surface area contributed by atoms with Crippen molar-refractivity contribution in [1.29, 1.82) is 5.26 Å². The monoisotopic (exact) mass is 509 g/mol. The lowest BCUT2D eigenvalue weighted by Crippen LogP contribution is -2.33. The first-order valence-corrected chi connectivity index (χ1v) is 11.3. The second-order valence-electron chi connectivity index (χ2n) is 8.59. The molecule has 0 radical (unpaired) electrons. The highest BCUT2D eigenvalue weighted by Crippen LogP contribution is 2.39. The molecule has 0 bridgehead atoms. The largest absolute Gasteiger partial charge is 0.420 e. The number of alkyl halides is 3. The first-order chi connectivity index (χ1) is 17.6. The van der Waals surface area contributed by atoms with Crippen LogP contribution in [0.5, 0.6) is 0 Å². The van der Waals surface area contributed by atoms with Crippen molar-refractivity contribution in [1.82, 2.24) is 19.5 Å². The number of nitrogen functional groups attached to an aromatic ring is 1. The van der Waals surface area contributed by atoms with E-state index in [1.54, 1.807) is 42.2 Å². The average molecular weight is 509 g/mol. The SMILES string of the molecule is Cc1nc(N)nc(N2CCCC2c2nc3ccc(F)c(C(F)(F)F)c3c(=O)n2-c2ccccc2)c1C#N. The van der Waals surface area contributed by atoms with E-state index in [4.69, 9.17) is 5.73 Å². The molecule has 2 aromatic heterocycles. The van der Waals surface area contributed by atoms with E-state index in [0.717, 1.165) is 10.6 Å². The molecule has 188 valence electrons. The van der Waals surface area contributed by atoms with E-state index in [1.165, 1.54) is 0 Å². The Labute approximate surface area is 207 Å². The standard InChI is InChI=1S/C25H19F4N7O/c1-13-15(12-30)21(34-24(31)32-13)35-11-5-8-18(35)22-33-17-10-9-16(26)20(25(27,28)29)19(17)23(37)36(22)14-6-3-2-4-7-14/h2-4,6-7,9-10,18H,5,8,11H2,1H3,(H2,31,32,34). The summed E-state index contributed by atoms with van der Waals surface area (Å²) in [6, 6.07) is 11.2. The summed E-state index contributed by atoms with van der Waals surface area (Å²) in [5.41, 5.74) is 3.68. The van der Waals surface area contributed by atoms with Gasteiger partial charge in [0.25, 0.3) is 5.56 Å². The van der Waals surface area contributed by atoms with Crippen LogP contribution >= 0.6 is 0 Å². The number of aryl methyl sites for hydroxylation is 1. The molecule has 1 saturated heterocycles. The van der Waals surface area contributed by atoms with E-state index in [-0.39, 0.29) is 34.4 Å². The first-order valence-electron chi connectivity index (χ1n) is 11.3. The van der Waals surface area contributed by atoms with Gasteiger partial charge < -0.3 is 10.6 Å². The third kappa shape index (κ3) is 4.02. The van der Waals surface area contributed by atoms with Crippen molar-refractivity contribution in [3.05, 3.63) is 81.3 Å². The van der Waals surface area contributed by atoms with Gasteiger partial charge in [0.1, 0.15) is 28.8 Å². The normalized spacial score (nSPS) is 15.8. The summed E-state index contributed by atoms with van der Waals surface area (Å²) < 4.78 is 57.1. The summed E-state index contributed by atoms with van der Waals surface area (Å²) >= 11 is 0. The highest BCUT2D eigenvalue weighted by Gasteiger charge is 2.39. The molecule has 5 rings (SSSR count). The number of halogens is 4. The molecule has 1 aliphatic rings. The van der Waals surface area contributed by atoms with Gasteiger partial charge in [0.2, 0.25) is 5.95 Å². The Balaban J connectivity index is 1.83. The van der Waals surface area contributed by atoms with Crippen molar-refractivity contribution < 1.29 is 17.6 Å². The average Bonchev–Trinajstić information content (AvgIpc) is 3.33. The zero-order chi connectivity index (χ0) is 26.5. The van der Waals surface area contributed by atoms with Crippen molar-refractivity contribution >= 4 is 22.7 Å². The number of benzene rings is 2. The lowest BCUT2D eigenvalue weighted by atomic mass is 10.1. The lowest BCUT2D eigenvalue weighted by molar-refractivity contribution is -0.138. The lowest BCUT2D eigenvalue weighted by Gasteiger charge is -2.28. The highest BCUT2D eigenvalue weighted by atomic mass is 19.4. The van der Waals surface area contributed by atoms with E-state index in [2.05, 4.69) is 21.0 Å². The van der Waals surface area contributed by atoms with E-state index >= 15 is 0 Å². The van der Waals surface area contributed by atoms with Crippen LogP contribution < -0.4 is 16.2 Å². The van der Waals surface area contributed by atoms with Crippen LogP contribution in [-0.4, -0.2) is 26.1 Å². The van der Waals surface area contributed by atoms with Crippen molar-refractivity contribution in [2.75, 3.05) is 17.2 Å². The van der Waals surface area contributed by atoms with Gasteiger partial charge in [0, 0.05) is 6.54 Å². The van der Waals surface area contributed by atoms with Crippen LogP contribution in [0.3, 0.4) is 0 Å². The van der Waals surface area contributed by atoms with Crippen LogP contribution in [0.25, 0.3) is 16.6 Å². The number of hydrogen-bond acceptors (Lipinski definition) is 7. The Bertz CT molecular complexity index is 1630. The van der Waals surface area contributed by atoms with Gasteiger partial charge in [0.05, 0.1) is 28.3 Å². The maximum Gasteiger partial charge on any atom is 0.420 e. The van der Waals surface area contributed by atoms with Crippen LogP contribution in [0, 0.1) is 24.1 Å². The fourth-order valence-electron chi connectivity index (χ4n) is 4.80. The van der Waals surface area contributed by atoms with Gasteiger partial charge in [0.15, 0.2) is 5.82 Å². The number of anilines is 2. The van der Waals surface area contributed by atoms with Crippen LogP contribution in [0.4, 0.5) is 29.3 Å². The molecule has 3 heterocycles. The quantitative estimate of drug-likeness (QED) is 0.406. The summed E-state index contributed by atoms with van der Waals surface area (Å²) in [4.78, 5) is 28.3. The molecule has 12 heteroatoms. The number of nitriles is 1. The molecule has 1 atom stereocenters. The van der Waals surface area contributed by atoms with Crippen LogP contribution in [0.15, 0.2) is 47.3 Å². The van der Waals surface area contributed by atoms with Crippen LogP contribution in [0.1, 0.15) is 41.5 Å². The highest BCUT2D eigenvalue weighted by molar-refractivity contribution is 5.83. The Morgan fingerprint density at radius 1 is 1.11 bits per heavy atom. The molecule has 2 aromatic carbocycles. The summed E-state index contributed by atoms with van der Waals surface area (Å²) in [6.07, 6.45) is -4.03. The fourth-order valence-corrected chi connectivity index (χ4v) is 4.80. The van der Waals surface area contributed by atoms with Crippen molar-refractivity contribution in [2.24, 2.45) is 0 Å². The molecule has 1 fully saturated rings. The van der Waals surface area contributed by atoms with Crippen molar-refractivity contribution in [3.8, 4) is 11.8 Å². The summed E-state index contributed by atoms with van der Waals surface area (Å²) in [7, 11) is 0. The van der Waals surface area contributed by atoms with Gasteiger partial charge in [-0.25, -0.2) is 14.4 Å². The molecule has 4 aromatic rings. The minimum Gasteiger partial charge on any atom is -0.368 e. The molecule has 2 N–H and O–H groups in total. The zero-order valence-corrected chi connectivity index (χ0v) is 19.4. The fraction of sp³-hybridized carbons (Fsp3) is 0.240. The third-order valence-corrected chi connectivity index (χ3v) is 6.33. The number of para-hydroxylation sites is 1. The smallest absolute Gasteiger partial charge is 0.368 e. The van der Waals surface area contributed by atoms with E-state index in [1.807, 2.05) is 0 Å². The molecule has 0 spiro atoms. The Kier molecular flexibility index (Phi) is 5.78. The topological polar surface area (TPSA) is 114 Å². The molecule has 0 saturated carbocycles. The predicted molar refractivity (Wildman–Crippen MR) is 128 cm³/mol. The number of fused-ring (bicyclic) bond motifs is 1. The van der Waals surface area contributed by atoms with Gasteiger partial charge in [-0.05, 0) is 44.0 Å². The van der Waals surface area contributed by atoms with E-state index < -0.39 is 34.5 Å². The minimum atomic E-state index is -5.11. The molecule has 8 nitrogen and oxygen atoms in total. The van der Waals surface area contributed by atoms with Gasteiger partial charge in [-0.15, -0.1) is 0 Å². The number of aromatic nitrogens is 4. The van der Waals surface area contributed by atoms with Gasteiger partial charge >= 0.3 is 6.18 Å². The molecule has 1 unspecified atom stereocenters. The van der Waals surface area contributed by atoms with E-state index in [9.17, 15) is 27.6 Å². The Hall–Kier alpha value is -4.53. The molecule has 0 amide bonds. The summed E-state index contributed by atoms with van der Waals surface area (Å²) in [5.74, 6) is -1.22. The maximum atomic E-state index is 14.4. The van der Waals surface area contributed by atoms with Crippen molar-refractivity contribution in [2.45, 2.75) is 32.0 Å². The molecule has 37 heavy (non-hydrogen) atoms. The molecule has 1 aliphatic heterocycles. The van der Waals surface area contributed by atoms with Crippen LogP contribution in [-0.2, 0) is 6.18 Å². The number of hydrogen-bond donors (Lipinski definition) is 1. The van der Waals surface area contributed by atoms with Gasteiger partial charge in [-0.3, -0.25) is 9.36 Å². The number of nitrogens with two attached hydrogens (primary N) is 1. The van der Waals surface area contributed by atoms with Crippen LogP contribution in [0.2, 0.25) is 0 Å². The number of rotatable bonds is 3. The van der Waals surface area contributed by atoms with Gasteiger partial charge in [-0.2, -0.15) is 23.4 Å². The second-order valence-corrected chi connectivity index (χ2v) is 8.59. The Morgan fingerprint density at radius 2 is 1.84 bits per heavy atom. The second kappa shape index (κ2) is 8.85. The maximum absolute atomic E-state index is 14.4. The zero-order valence-electron chi connectivity index (χ0n) is 19.4.